The van der Waals surface area contributed by atoms with E-state index in [9.17, 15) is 4.79 Å². The monoisotopic (exact) mass is 402 g/mol. The molecular weight excluding hydrogens is 384 g/mol. The molecule has 1 aliphatic heterocycles. The number of amides is 1. The molecule has 1 aliphatic rings. The fraction of sp³-hybridized carbons (Fsp3) is 0.130. The van der Waals surface area contributed by atoms with Gasteiger partial charge >= 0.3 is 0 Å². The Balaban J connectivity index is 1.60. The van der Waals surface area contributed by atoms with Crippen LogP contribution in [0.2, 0.25) is 0 Å². The number of nitriles is 1. The van der Waals surface area contributed by atoms with Crippen LogP contribution in [0.3, 0.4) is 0 Å². The van der Waals surface area contributed by atoms with Crippen LogP contribution in [-0.4, -0.2) is 19.1 Å². The maximum absolute atomic E-state index is 13.1. The molecule has 0 N–H and O–H groups in total. The van der Waals surface area contributed by atoms with Crippen LogP contribution < -0.4 is 14.4 Å². The summed E-state index contributed by atoms with van der Waals surface area (Å²) in [5.41, 5.74) is 2.19. The van der Waals surface area contributed by atoms with Gasteiger partial charge in [0.1, 0.15) is 13.2 Å². The van der Waals surface area contributed by atoms with Gasteiger partial charge in [0.15, 0.2) is 11.5 Å². The van der Waals surface area contributed by atoms with Crippen molar-refractivity contribution in [3.8, 4) is 17.6 Å². The number of benzene rings is 2. The third kappa shape index (κ3) is 4.48. The molecule has 0 bridgehead atoms. The van der Waals surface area contributed by atoms with Crippen LogP contribution in [-0.2, 0) is 11.3 Å². The first kappa shape index (κ1) is 18.8. The average molecular weight is 402 g/mol. The predicted molar refractivity (Wildman–Crippen MR) is 113 cm³/mol. The molecule has 4 rings (SSSR count). The van der Waals surface area contributed by atoms with Crippen LogP contribution >= 0.6 is 11.3 Å². The predicted octanol–water partition coefficient (Wildman–Crippen LogP) is 4.64. The van der Waals surface area contributed by atoms with E-state index in [1.807, 2.05) is 47.8 Å². The number of fused-ring (bicyclic) bond motifs is 1. The highest BCUT2D eigenvalue weighted by Crippen LogP contribution is 2.34. The molecule has 0 aliphatic carbocycles. The lowest BCUT2D eigenvalue weighted by atomic mass is 10.1. The topological polar surface area (TPSA) is 62.6 Å². The molecule has 0 radical (unpaired) electrons. The summed E-state index contributed by atoms with van der Waals surface area (Å²) in [7, 11) is 0. The molecule has 29 heavy (non-hydrogen) atoms. The summed E-state index contributed by atoms with van der Waals surface area (Å²) in [6.07, 6.45) is 3.30. The van der Waals surface area contributed by atoms with Crippen LogP contribution in [0.25, 0.3) is 6.08 Å². The molecule has 0 saturated heterocycles. The molecular formula is C23H18N2O3S. The molecule has 6 heteroatoms. The zero-order valence-corrected chi connectivity index (χ0v) is 16.4. The minimum atomic E-state index is -0.139. The van der Waals surface area contributed by atoms with E-state index in [2.05, 4.69) is 6.07 Å². The summed E-state index contributed by atoms with van der Waals surface area (Å²) in [4.78, 5) is 15.8. The van der Waals surface area contributed by atoms with Gasteiger partial charge in [-0.2, -0.15) is 5.26 Å². The second kappa shape index (κ2) is 8.63. The van der Waals surface area contributed by atoms with Gasteiger partial charge < -0.3 is 14.4 Å². The van der Waals surface area contributed by atoms with Crippen LogP contribution in [0, 0.1) is 11.3 Å². The minimum absolute atomic E-state index is 0.139. The summed E-state index contributed by atoms with van der Waals surface area (Å²) in [6, 6.07) is 18.7. The summed E-state index contributed by atoms with van der Waals surface area (Å²) in [6.45, 7) is 1.49. The molecule has 5 nitrogen and oxygen atoms in total. The lowest BCUT2D eigenvalue weighted by molar-refractivity contribution is -0.114. The molecule has 1 amide bonds. The molecule has 2 aromatic carbocycles. The Labute approximate surface area is 173 Å². The molecule has 0 fully saturated rings. The van der Waals surface area contributed by atoms with E-state index in [1.54, 1.807) is 40.5 Å². The van der Waals surface area contributed by atoms with Crippen LogP contribution in [0.4, 0.5) is 5.69 Å². The normalized spacial score (nSPS) is 12.5. The Kier molecular flexibility index (Phi) is 5.59. The van der Waals surface area contributed by atoms with Crippen molar-refractivity contribution < 1.29 is 14.3 Å². The summed E-state index contributed by atoms with van der Waals surface area (Å²) < 4.78 is 11.3. The fourth-order valence-electron chi connectivity index (χ4n) is 2.98. The van der Waals surface area contributed by atoms with E-state index < -0.39 is 0 Å². The number of ether oxygens (including phenoxy) is 2. The number of nitrogens with zero attached hydrogens (tertiary/aromatic N) is 2. The summed E-state index contributed by atoms with van der Waals surface area (Å²) in [5.74, 6) is 1.20. The van der Waals surface area contributed by atoms with Crippen molar-refractivity contribution in [2.24, 2.45) is 0 Å². The van der Waals surface area contributed by atoms with Gasteiger partial charge in [-0.3, -0.25) is 4.79 Å². The molecule has 2 heterocycles. The Morgan fingerprint density at radius 3 is 2.62 bits per heavy atom. The Morgan fingerprint density at radius 1 is 1.10 bits per heavy atom. The van der Waals surface area contributed by atoms with Crippen molar-refractivity contribution in [1.82, 2.24) is 0 Å². The SMILES string of the molecule is N#Cc1ccc(/C=C/C(=O)N(Cc2cccs2)c2ccc3c(c2)OCCO3)cc1. The number of anilines is 1. The molecule has 0 atom stereocenters. The van der Waals surface area contributed by atoms with Crippen LogP contribution in [0.5, 0.6) is 11.5 Å². The lowest BCUT2D eigenvalue weighted by Gasteiger charge is -2.24. The Bertz CT molecular complexity index is 1070. The van der Waals surface area contributed by atoms with Crippen molar-refractivity contribution >= 4 is 29.0 Å². The van der Waals surface area contributed by atoms with Crippen LogP contribution in [0.15, 0.2) is 66.1 Å². The largest absolute Gasteiger partial charge is 0.486 e. The molecule has 0 unspecified atom stereocenters. The number of thiophene rings is 1. The van der Waals surface area contributed by atoms with Crippen molar-refractivity contribution in [2.75, 3.05) is 18.1 Å². The number of carbonyl (C=O) groups is 1. The Morgan fingerprint density at radius 2 is 1.90 bits per heavy atom. The lowest BCUT2D eigenvalue weighted by Crippen LogP contribution is -2.28. The van der Waals surface area contributed by atoms with E-state index in [0.717, 1.165) is 16.1 Å². The zero-order valence-electron chi connectivity index (χ0n) is 15.6. The first-order valence-corrected chi connectivity index (χ1v) is 10.0. The maximum atomic E-state index is 13.1. The standard InChI is InChI=1S/C23H18N2O3S/c24-15-18-5-3-17(4-6-18)7-10-23(26)25(16-20-2-1-13-29-20)19-8-9-21-22(14-19)28-12-11-27-21/h1-10,13-14H,11-12,16H2/b10-7+. The molecule has 1 aromatic heterocycles. The number of hydrogen-bond donors (Lipinski definition) is 0. The molecule has 0 spiro atoms. The highest BCUT2D eigenvalue weighted by molar-refractivity contribution is 7.09. The molecule has 144 valence electrons. The van der Waals surface area contributed by atoms with Crippen molar-refractivity contribution in [2.45, 2.75) is 6.54 Å². The second-order valence-electron chi connectivity index (χ2n) is 6.40. The van der Waals surface area contributed by atoms with E-state index in [-0.39, 0.29) is 5.91 Å². The van der Waals surface area contributed by atoms with E-state index in [4.69, 9.17) is 14.7 Å². The first-order valence-electron chi connectivity index (χ1n) is 9.15. The maximum Gasteiger partial charge on any atom is 0.251 e. The highest BCUT2D eigenvalue weighted by Gasteiger charge is 2.19. The zero-order chi connectivity index (χ0) is 20.1. The Hall–Kier alpha value is -3.56. The van der Waals surface area contributed by atoms with Crippen molar-refractivity contribution in [3.05, 3.63) is 82.1 Å². The van der Waals surface area contributed by atoms with Gasteiger partial charge in [0.25, 0.3) is 5.91 Å². The minimum Gasteiger partial charge on any atom is -0.486 e. The highest BCUT2D eigenvalue weighted by atomic mass is 32.1. The smallest absolute Gasteiger partial charge is 0.251 e. The average Bonchev–Trinajstić information content (AvgIpc) is 3.29. The number of hydrogen-bond acceptors (Lipinski definition) is 5. The molecule has 3 aromatic rings. The molecule has 0 saturated carbocycles. The van der Waals surface area contributed by atoms with Gasteiger partial charge in [-0.25, -0.2) is 0 Å². The quantitative estimate of drug-likeness (QED) is 0.584. The number of carbonyl (C=O) groups excluding carboxylic acids is 1. The van der Waals surface area contributed by atoms with E-state index >= 15 is 0 Å². The third-order valence-corrected chi connectivity index (χ3v) is 5.32. The van der Waals surface area contributed by atoms with Gasteiger partial charge in [-0.05, 0) is 47.4 Å². The third-order valence-electron chi connectivity index (χ3n) is 4.46. The van der Waals surface area contributed by atoms with Gasteiger partial charge in [-0.15, -0.1) is 11.3 Å². The van der Waals surface area contributed by atoms with Crippen LogP contribution in [0.1, 0.15) is 16.0 Å². The van der Waals surface area contributed by atoms with Crippen molar-refractivity contribution in [1.29, 1.82) is 5.26 Å². The van der Waals surface area contributed by atoms with Gasteiger partial charge in [-0.1, -0.05) is 18.2 Å². The first-order chi connectivity index (χ1) is 14.2. The fourth-order valence-corrected chi connectivity index (χ4v) is 3.67. The van der Waals surface area contributed by atoms with Gasteiger partial charge in [0.2, 0.25) is 0 Å². The van der Waals surface area contributed by atoms with E-state index in [1.165, 1.54) is 0 Å². The number of rotatable bonds is 5. The summed E-state index contributed by atoms with van der Waals surface area (Å²) in [5, 5.41) is 10.9. The van der Waals surface area contributed by atoms with Gasteiger partial charge in [0.05, 0.1) is 18.2 Å². The van der Waals surface area contributed by atoms with Crippen molar-refractivity contribution in [3.63, 3.8) is 0 Å². The second-order valence-corrected chi connectivity index (χ2v) is 7.43. The van der Waals surface area contributed by atoms with E-state index in [0.29, 0.717) is 36.8 Å². The van der Waals surface area contributed by atoms with Gasteiger partial charge in [0, 0.05) is 22.7 Å². The summed E-state index contributed by atoms with van der Waals surface area (Å²) >= 11 is 1.61.